The van der Waals surface area contributed by atoms with Gasteiger partial charge in [-0.15, -0.1) is 0 Å². The van der Waals surface area contributed by atoms with Crippen LogP contribution in [0.2, 0.25) is 0 Å². The van der Waals surface area contributed by atoms with Crippen LogP contribution in [0.1, 0.15) is 34.9 Å². The summed E-state index contributed by atoms with van der Waals surface area (Å²) >= 11 is 0. The number of methoxy groups -OCH3 is 1. The van der Waals surface area contributed by atoms with Crippen molar-refractivity contribution in [3.63, 3.8) is 0 Å². The average molecular weight is 237 g/mol. The zero-order chi connectivity index (χ0) is 12.6. The van der Waals surface area contributed by atoms with Gasteiger partial charge in [0.1, 0.15) is 11.3 Å². The van der Waals surface area contributed by atoms with E-state index in [1.54, 1.807) is 0 Å². The lowest BCUT2D eigenvalue weighted by atomic mass is 9.86. The van der Waals surface area contributed by atoms with Crippen molar-refractivity contribution in [3.8, 4) is 5.75 Å². The molecule has 0 saturated heterocycles. The lowest BCUT2D eigenvalue weighted by Crippen LogP contribution is -2.18. The van der Waals surface area contributed by atoms with Crippen LogP contribution < -0.4 is 4.74 Å². The molecule has 1 atom stereocenters. The Labute approximate surface area is 97.0 Å². The van der Waals surface area contributed by atoms with Crippen LogP contribution in [0, 0.1) is 10.1 Å². The summed E-state index contributed by atoms with van der Waals surface area (Å²) in [4.78, 5) is 22.0. The van der Waals surface area contributed by atoms with E-state index in [-0.39, 0.29) is 35.4 Å². The van der Waals surface area contributed by atoms with E-state index in [1.165, 1.54) is 19.2 Å². The fourth-order valence-electron chi connectivity index (χ4n) is 2.08. The first-order chi connectivity index (χ1) is 8.06. The third kappa shape index (κ3) is 1.76. The molecule has 0 radical (unpaired) electrons. The summed E-state index contributed by atoms with van der Waals surface area (Å²) in [6, 6.07) is 2.63. The smallest absolute Gasteiger partial charge is 0.280 e. The van der Waals surface area contributed by atoms with Crippen LogP contribution in [-0.2, 0) is 0 Å². The van der Waals surface area contributed by atoms with E-state index in [4.69, 9.17) is 4.74 Å². The van der Waals surface area contributed by atoms with Gasteiger partial charge in [-0.1, -0.05) is 0 Å². The highest BCUT2D eigenvalue weighted by Crippen LogP contribution is 2.40. The lowest BCUT2D eigenvalue weighted by molar-refractivity contribution is -0.385. The van der Waals surface area contributed by atoms with Gasteiger partial charge >= 0.3 is 0 Å². The Morgan fingerprint density at radius 3 is 2.82 bits per heavy atom. The Bertz CT molecular complexity index is 497. The molecule has 1 aromatic carbocycles. The van der Waals surface area contributed by atoms with Gasteiger partial charge in [0.2, 0.25) is 0 Å². The number of ether oxygens (including phenoxy) is 1. The number of aliphatic hydroxyl groups excluding tert-OH is 1. The van der Waals surface area contributed by atoms with E-state index >= 15 is 0 Å². The Morgan fingerprint density at radius 1 is 1.53 bits per heavy atom. The van der Waals surface area contributed by atoms with Crippen molar-refractivity contribution in [2.24, 2.45) is 0 Å². The Morgan fingerprint density at radius 2 is 2.24 bits per heavy atom. The number of hydrogen-bond donors (Lipinski definition) is 1. The maximum Gasteiger partial charge on any atom is 0.280 e. The van der Waals surface area contributed by atoms with E-state index in [9.17, 15) is 20.0 Å². The number of nitrogens with zero attached hydrogens (tertiary/aromatic N) is 1. The summed E-state index contributed by atoms with van der Waals surface area (Å²) in [5.41, 5.74) is -0.0596. The Hall–Kier alpha value is -1.95. The number of rotatable bonds is 2. The molecule has 2 rings (SSSR count). The maximum absolute atomic E-state index is 11.8. The number of carbonyl (C=O) groups is 1. The van der Waals surface area contributed by atoms with Gasteiger partial charge in [0.15, 0.2) is 5.78 Å². The minimum atomic E-state index is -0.891. The van der Waals surface area contributed by atoms with Crippen molar-refractivity contribution in [3.05, 3.63) is 33.4 Å². The number of benzene rings is 1. The molecule has 0 amide bonds. The molecular formula is C11H11NO5. The largest absolute Gasteiger partial charge is 0.496 e. The first-order valence-corrected chi connectivity index (χ1v) is 5.12. The first kappa shape index (κ1) is 11.5. The topological polar surface area (TPSA) is 89.7 Å². The predicted octanol–water partition coefficient (Wildman–Crippen LogP) is 1.61. The van der Waals surface area contributed by atoms with E-state index in [2.05, 4.69) is 0 Å². The first-order valence-electron chi connectivity index (χ1n) is 5.12. The Kier molecular flexibility index (Phi) is 2.81. The molecule has 0 bridgehead atoms. The standard InChI is InChI=1S/C11H11NO5/c1-17-9-5-2-6(12(15)16)10-7(13)3-4-8(14)11(9)10/h2,5,8,14H,3-4H2,1H3. The molecule has 6 heteroatoms. The van der Waals surface area contributed by atoms with E-state index in [0.29, 0.717) is 5.75 Å². The lowest BCUT2D eigenvalue weighted by Gasteiger charge is -2.22. The number of nitro groups is 1. The fourth-order valence-corrected chi connectivity index (χ4v) is 2.08. The summed E-state index contributed by atoms with van der Waals surface area (Å²) < 4.78 is 5.03. The number of nitro benzene ring substituents is 1. The number of aliphatic hydroxyl groups is 1. The molecule has 1 N–H and O–H groups in total. The van der Waals surface area contributed by atoms with Crippen LogP contribution >= 0.6 is 0 Å². The number of ketones is 1. The minimum Gasteiger partial charge on any atom is -0.496 e. The van der Waals surface area contributed by atoms with Crippen LogP contribution in [-0.4, -0.2) is 22.9 Å². The van der Waals surface area contributed by atoms with Gasteiger partial charge in [-0.2, -0.15) is 0 Å². The fraction of sp³-hybridized carbons (Fsp3) is 0.364. The van der Waals surface area contributed by atoms with Gasteiger partial charge in [-0.3, -0.25) is 14.9 Å². The zero-order valence-electron chi connectivity index (χ0n) is 9.17. The van der Waals surface area contributed by atoms with Crippen LogP contribution in [0.25, 0.3) is 0 Å². The second kappa shape index (κ2) is 4.14. The monoisotopic (exact) mass is 237 g/mol. The molecule has 1 unspecified atom stereocenters. The number of Topliss-reactive ketones (excluding diaryl/α,β-unsaturated/α-hetero) is 1. The minimum absolute atomic E-state index is 0.0203. The molecule has 90 valence electrons. The van der Waals surface area contributed by atoms with Gasteiger partial charge in [-0.05, 0) is 12.5 Å². The molecule has 0 fully saturated rings. The molecule has 6 nitrogen and oxygen atoms in total. The predicted molar refractivity (Wildman–Crippen MR) is 58.2 cm³/mol. The van der Waals surface area contributed by atoms with Gasteiger partial charge in [-0.25, -0.2) is 0 Å². The average Bonchev–Trinajstić information content (AvgIpc) is 2.32. The molecule has 1 aliphatic carbocycles. The second-order valence-electron chi connectivity index (χ2n) is 3.81. The third-order valence-electron chi connectivity index (χ3n) is 2.86. The zero-order valence-corrected chi connectivity index (χ0v) is 9.17. The van der Waals surface area contributed by atoms with Crippen molar-refractivity contribution in [1.29, 1.82) is 0 Å². The van der Waals surface area contributed by atoms with Gasteiger partial charge in [0.25, 0.3) is 5.69 Å². The van der Waals surface area contributed by atoms with Gasteiger partial charge < -0.3 is 9.84 Å². The Balaban J connectivity index is 2.74. The summed E-state index contributed by atoms with van der Waals surface area (Å²) in [6.45, 7) is 0. The third-order valence-corrected chi connectivity index (χ3v) is 2.86. The van der Waals surface area contributed by atoms with Crippen LogP contribution in [0.4, 0.5) is 5.69 Å². The quantitative estimate of drug-likeness (QED) is 0.623. The molecule has 0 spiro atoms. The molecule has 1 aromatic rings. The second-order valence-corrected chi connectivity index (χ2v) is 3.81. The SMILES string of the molecule is COc1ccc([N+](=O)[O-])c2c1C(O)CCC2=O. The summed E-state index contributed by atoms with van der Waals surface area (Å²) in [6.07, 6.45) is -0.511. The molecule has 0 aliphatic heterocycles. The van der Waals surface area contributed by atoms with Crippen molar-refractivity contribution in [2.45, 2.75) is 18.9 Å². The van der Waals surface area contributed by atoms with Crippen LogP contribution in [0.3, 0.4) is 0 Å². The summed E-state index contributed by atoms with van der Waals surface area (Å²) in [5.74, 6) is -0.0120. The summed E-state index contributed by atoms with van der Waals surface area (Å²) in [7, 11) is 1.40. The highest BCUT2D eigenvalue weighted by atomic mass is 16.6. The normalized spacial score (nSPS) is 18.7. The van der Waals surface area contributed by atoms with Gasteiger partial charge in [0, 0.05) is 18.1 Å². The summed E-state index contributed by atoms with van der Waals surface area (Å²) in [5, 5.41) is 20.7. The molecule has 0 heterocycles. The van der Waals surface area contributed by atoms with Gasteiger partial charge in [0.05, 0.1) is 18.1 Å². The highest BCUT2D eigenvalue weighted by molar-refractivity contribution is 6.03. The number of hydrogen-bond acceptors (Lipinski definition) is 5. The number of carbonyl (C=O) groups excluding carboxylic acids is 1. The molecule has 0 aromatic heterocycles. The molecule has 0 saturated carbocycles. The molecule has 17 heavy (non-hydrogen) atoms. The van der Waals surface area contributed by atoms with Crippen molar-refractivity contribution < 1.29 is 19.6 Å². The van der Waals surface area contributed by atoms with E-state index < -0.39 is 11.0 Å². The highest BCUT2D eigenvalue weighted by Gasteiger charge is 2.34. The number of fused-ring (bicyclic) bond motifs is 1. The maximum atomic E-state index is 11.8. The molecular weight excluding hydrogens is 226 g/mol. The van der Waals surface area contributed by atoms with Crippen LogP contribution in [0.15, 0.2) is 12.1 Å². The van der Waals surface area contributed by atoms with Crippen molar-refractivity contribution in [1.82, 2.24) is 0 Å². The van der Waals surface area contributed by atoms with Crippen molar-refractivity contribution >= 4 is 11.5 Å². The van der Waals surface area contributed by atoms with E-state index in [1.807, 2.05) is 0 Å². The van der Waals surface area contributed by atoms with Crippen molar-refractivity contribution in [2.75, 3.05) is 7.11 Å². The molecule has 1 aliphatic rings. The van der Waals surface area contributed by atoms with Crippen LogP contribution in [0.5, 0.6) is 5.75 Å². The van der Waals surface area contributed by atoms with E-state index in [0.717, 1.165) is 0 Å².